The summed E-state index contributed by atoms with van der Waals surface area (Å²) in [6.07, 6.45) is 6.70. The van der Waals surface area contributed by atoms with Gasteiger partial charge in [-0.25, -0.2) is 0 Å². The molecule has 2 rings (SSSR count). The van der Waals surface area contributed by atoms with E-state index in [1.807, 2.05) is 19.9 Å². The van der Waals surface area contributed by atoms with E-state index in [-0.39, 0.29) is 11.8 Å². The second-order valence-corrected chi connectivity index (χ2v) is 5.36. The number of carbonyl (C=O) groups is 2. The summed E-state index contributed by atoms with van der Waals surface area (Å²) in [5.74, 6) is 0.309. The van der Waals surface area contributed by atoms with Gasteiger partial charge in [0.15, 0.2) is 0 Å². The van der Waals surface area contributed by atoms with Crippen molar-refractivity contribution in [2.45, 2.75) is 13.8 Å². The Morgan fingerprint density at radius 1 is 0.923 bits per heavy atom. The third kappa shape index (κ3) is 5.94. The van der Waals surface area contributed by atoms with Crippen molar-refractivity contribution < 1.29 is 14.3 Å². The molecule has 0 fully saturated rings. The summed E-state index contributed by atoms with van der Waals surface area (Å²) in [6, 6.07) is 13.9. The molecule has 134 valence electrons. The maximum atomic E-state index is 12.3. The maximum Gasteiger partial charge on any atom is 0.255 e. The van der Waals surface area contributed by atoms with Gasteiger partial charge in [0.05, 0.1) is 6.61 Å². The van der Waals surface area contributed by atoms with Crippen LogP contribution in [0.25, 0.3) is 0 Å². The lowest BCUT2D eigenvalue weighted by Gasteiger charge is -2.08. The number of rotatable bonds is 7. The van der Waals surface area contributed by atoms with Crippen LogP contribution in [0.5, 0.6) is 5.75 Å². The van der Waals surface area contributed by atoms with E-state index in [2.05, 4.69) is 10.6 Å². The lowest BCUT2D eigenvalue weighted by molar-refractivity contribution is -0.111. The summed E-state index contributed by atoms with van der Waals surface area (Å²) in [5, 5.41) is 5.55. The molecule has 0 atom stereocenters. The lowest BCUT2D eigenvalue weighted by Crippen LogP contribution is -2.12. The molecular formula is C21H22N2O3. The second kappa shape index (κ2) is 9.84. The van der Waals surface area contributed by atoms with E-state index in [9.17, 15) is 9.59 Å². The molecular weight excluding hydrogens is 328 g/mol. The topological polar surface area (TPSA) is 67.4 Å². The van der Waals surface area contributed by atoms with E-state index in [0.29, 0.717) is 23.5 Å². The van der Waals surface area contributed by atoms with Gasteiger partial charge >= 0.3 is 0 Å². The number of nitrogens with one attached hydrogen (secondary N) is 2. The largest absolute Gasteiger partial charge is 0.494 e. The van der Waals surface area contributed by atoms with E-state index in [1.165, 1.54) is 6.08 Å². The van der Waals surface area contributed by atoms with E-state index in [4.69, 9.17) is 4.74 Å². The zero-order valence-electron chi connectivity index (χ0n) is 14.9. The molecule has 0 unspecified atom stereocenters. The molecule has 0 aliphatic carbocycles. The minimum atomic E-state index is -0.227. The number of anilines is 2. The molecule has 5 nitrogen and oxygen atoms in total. The molecule has 5 heteroatoms. The highest BCUT2D eigenvalue weighted by Crippen LogP contribution is 2.17. The van der Waals surface area contributed by atoms with Crippen LogP contribution in [0, 0.1) is 0 Å². The van der Waals surface area contributed by atoms with Gasteiger partial charge < -0.3 is 15.4 Å². The molecule has 2 aromatic carbocycles. The Morgan fingerprint density at radius 2 is 1.54 bits per heavy atom. The molecule has 0 aromatic heterocycles. The standard InChI is InChI=1S/C21H22N2O3/c1-3-5-6-7-20(24)22-17-10-8-16(9-11-17)21(25)23-18-12-14-19(15-13-18)26-4-2/h3,5-15H,4H2,1-2H3,(H,22,24)(H,23,25). The van der Waals surface area contributed by atoms with Crippen molar-refractivity contribution in [2.24, 2.45) is 0 Å². The fourth-order valence-electron chi connectivity index (χ4n) is 2.15. The summed E-state index contributed by atoms with van der Waals surface area (Å²) in [4.78, 5) is 24.0. The molecule has 0 saturated carbocycles. The van der Waals surface area contributed by atoms with Crippen LogP contribution in [0.3, 0.4) is 0 Å². The van der Waals surface area contributed by atoms with Crippen LogP contribution < -0.4 is 15.4 Å². The number of carbonyl (C=O) groups excluding carboxylic acids is 2. The Morgan fingerprint density at radius 3 is 2.15 bits per heavy atom. The highest BCUT2D eigenvalue weighted by Gasteiger charge is 2.07. The Kier molecular flexibility index (Phi) is 7.18. The monoisotopic (exact) mass is 350 g/mol. The predicted octanol–water partition coefficient (Wildman–Crippen LogP) is 4.41. The fraction of sp³-hybridized carbons (Fsp3) is 0.143. The molecule has 0 heterocycles. The van der Waals surface area contributed by atoms with Gasteiger partial charge in [-0.1, -0.05) is 18.2 Å². The van der Waals surface area contributed by atoms with Gasteiger partial charge in [-0.15, -0.1) is 0 Å². The highest BCUT2D eigenvalue weighted by atomic mass is 16.5. The number of ether oxygens (including phenoxy) is 1. The minimum absolute atomic E-state index is 0.222. The van der Waals surface area contributed by atoms with Gasteiger partial charge in [0.25, 0.3) is 5.91 Å². The first-order chi connectivity index (χ1) is 12.6. The Bertz CT molecular complexity index is 791. The molecule has 0 spiro atoms. The number of amides is 2. The Labute approximate surface area is 153 Å². The van der Waals surface area contributed by atoms with Gasteiger partial charge in [0.1, 0.15) is 5.75 Å². The number of hydrogen-bond acceptors (Lipinski definition) is 3. The van der Waals surface area contributed by atoms with Gasteiger partial charge in [-0.3, -0.25) is 9.59 Å². The second-order valence-electron chi connectivity index (χ2n) is 5.36. The number of benzene rings is 2. The van der Waals surface area contributed by atoms with Crippen LogP contribution in [0.2, 0.25) is 0 Å². The van der Waals surface area contributed by atoms with Crippen molar-refractivity contribution >= 4 is 23.2 Å². The Balaban J connectivity index is 1.94. The fourth-order valence-corrected chi connectivity index (χ4v) is 2.15. The van der Waals surface area contributed by atoms with Gasteiger partial charge in [0.2, 0.25) is 5.91 Å². The van der Waals surface area contributed by atoms with E-state index >= 15 is 0 Å². The molecule has 0 saturated heterocycles. The number of hydrogen-bond donors (Lipinski definition) is 2. The van der Waals surface area contributed by atoms with Crippen LogP contribution in [-0.2, 0) is 4.79 Å². The zero-order chi connectivity index (χ0) is 18.8. The van der Waals surface area contributed by atoms with E-state index in [0.717, 1.165) is 5.75 Å². The van der Waals surface area contributed by atoms with Crippen LogP contribution in [-0.4, -0.2) is 18.4 Å². The number of allylic oxidation sites excluding steroid dienone is 3. The van der Waals surface area contributed by atoms with Crippen molar-refractivity contribution in [3.05, 3.63) is 78.4 Å². The van der Waals surface area contributed by atoms with E-state index in [1.54, 1.807) is 60.7 Å². The normalized spacial score (nSPS) is 10.8. The average Bonchev–Trinajstić information content (AvgIpc) is 2.64. The van der Waals surface area contributed by atoms with Crippen LogP contribution in [0.1, 0.15) is 24.2 Å². The van der Waals surface area contributed by atoms with Crippen LogP contribution in [0.15, 0.2) is 72.8 Å². The molecule has 2 amide bonds. The molecule has 0 aliphatic rings. The van der Waals surface area contributed by atoms with Crippen molar-refractivity contribution in [3.63, 3.8) is 0 Å². The molecule has 0 bridgehead atoms. The van der Waals surface area contributed by atoms with Crippen LogP contribution >= 0.6 is 0 Å². The van der Waals surface area contributed by atoms with Crippen LogP contribution in [0.4, 0.5) is 11.4 Å². The quantitative estimate of drug-likeness (QED) is 0.574. The summed E-state index contributed by atoms with van der Waals surface area (Å²) in [7, 11) is 0. The smallest absolute Gasteiger partial charge is 0.255 e. The molecule has 2 aromatic rings. The van der Waals surface area contributed by atoms with Crippen molar-refractivity contribution in [1.82, 2.24) is 0 Å². The third-order valence-corrected chi connectivity index (χ3v) is 3.39. The first-order valence-electron chi connectivity index (χ1n) is 8.37. The van der Waals surface area contributed by atoms with E-state index < -0.39 is 0 Å². The third-order valence-electron chi connectivity index (χ3n) is 3.39. The SMILES string of the molecule is CC=CC=CC(=O)Nc1ccc(C(=O)Nc2ccc(OCC)cc2)cc1. The minimum Gasteiger partial charge on any atom is -0.494 e. The predicted molar refractivity (Wildman–Crippen MR) is 105 cm³/mol. The van der Waals surface area contributed by atoms with Crippen molar-refractivity contribution in [1.29, 1.82) is 0 Å². The summed E-state index contributed by atoms with van der Waals surface area (Å²) >= 11 is 0. The molecule has 0 aliphatic heterocycles. The first kappa shape index (κ1) is 19.0. The highest BCUT2D eigenvalue weighted by molar-refractivity contribution is 6.05. The Hall–Kier alpha value is -3.34. The average molecular weight is 350 g/mol. The molecule has 2 N–H and O–H groups in total. The van der Waals surface area contributed by atoms with Crippen molar-refractivity contribution in [3.8, 4) is 5.75 Å². The molecule has 26 heavy (non-hydrogen) atoms. The van der Waals surface area contributed by atoms with Gasteiger partial charge in [0, 0.05) is 23.0 Å². The lowest BCUT2D eigenvalue weighted by atomic mass is 10.2. The van der Waals surface area contributed by atoms with Gasteiger partial charge in [-0.2, -0.15) is 0 Å². The molecule has 0 radical (unpaired) electrons. The summed E-state index contributed by atoms with van der Waals surface area (Å²) < 4.78 is 5.37. The zero-order valence-corrected chi connectivity index (χ0v) is 14.9. The van der Waals surface area contributed by atoms with Gasteiger partial charge in [-0.05, 0) is 62.4 Å². The summed E-state index contributed by atoms with van der Waals surface area (Å²) in [6.45, 7) is 4.39. The maximum absolute atomic E-state index is 12.3. The first-order valence-corrected chi connectivity index (χ1v) is 8.37. The van der Waals surface area contributed by atoms with Crippen molar-refractivity contribution in [2.75, 3.05) is 17.2 Å². The summed E-state index contributed by atoms with van der Waals surface area (Å²) in [5.41, 5.74) is 1.81.